The molecule has 0 N–H and O–H groups in total. The minimum atomic E-state index is 0.0253. The second kappa shape index (κ2) is 8.55. The molecule has 1 aromatic heterocycles. The van der Waals surface area contributed by atoms with Gasteiger partial charge in [-0.1, -0.05) is 34.1 Å². The van der Waals surface area contributed by atoms with Crippen LogP contribution in [-0.2, 0) is 4.79 Å². The minimum Gasteiger partial charge on any atom is -0.336 e. The van der Waals surface area contributed by atoms with Crippen LogP contribution in [-0.4, -0.2) is 76.8 Å². The zero-order valence-corrected chi connectivity index (χ0v) is 17.7. The molecular weight excluding hydrogens is 440 g/mol. The highest BCUT2D eigenvalue weighted by Crippen LogP contribution is 2.20. The van der Waals surface area contributed by atoms with Gasteiger partial charge in [-0.15, -0.1) is 11.3 Å². The monoisotopic (exact) mass is 460 g/mol. The van der Waals surface area contributed by atoms with Crippen molar-refractivity contribution in [2.45, 2.75) is 6.04 Å². The number of benzene rings is 1. The maximum absolute atomic E-state index is 12.4. The Kier molecular flexibility index (Phi) is 5.89. The molecule has 2 amide bonds. The van der Waals surface area contributed by atoms with E-state index in [4.69, 9.17) is 0 Å². The van der Waals surface area contributed by atoms with Gasteiger partial charge in [0.25, 0.3) is 5.91 Å². The van der Waals surface area contributed by atoms with Gasteiger partial charge in [0.15, 0.2) is 5.01 Å². The highest BCUT2D eigenvalue weighted by molar-refractivity contribution is 9.10. The lowest BCUT2D eigenvalue weighted by Crippen LogP contribution is -2.64. The van der Waals surface area contributed by atoms with Crippen molar-refractivity contribution < 1.29 is 9.59 Å². The normalized spacial score (nSPS) is 18.5. The molecule has 6 nitrogen and oxygen atoms in total. The van der Waals surface area contributed by atoms with Crippen molar-refractivity contribution in [3.05, 3.63) is 57.0 Å². The summed E-state index contributed by atoms with van der Waals surface area (Å²) < 4.78 is 0.978. The van der Waals surface area contributed by atoms with Gasteiger partial charge in [-0.25, -0.2) is 4.98 Å². The molecule has 146 valence electrons. The summed E-state index contributed by atoms with van der Waals surface area (Å²) in [7, 11) is 0. The maximum Gasteiger partial charge on any atom is 0.282 e. The molecule has 28 heavy (non-hydrogen) atoms. The van der Waals surface area contributed by atoms with Crippen molar-refractivity contribution in [3.63, 3.8) is 0 Å². The average molecular weight is 461 g/mol. The first-order chi connectivity index (χ1) is 13.6. The molecule has 0 radical (unpaired) electrons. The molecule has 0 bridgehead atoms. The first-order valence-corrected chi connectivity index (χ1v) is 10.9. The SMILES string of the molecule is O=C(/C=C/c1ccccc1Br)N1CC(N2CCN(C(=O)c3nccs3)CC2)C1. The van der Waals surface area contributed by atoms with Crippen LogP contribution in [0.2, 0.25) is 0 Å². The number of amides is 2. The van der Waals surface area contributed by atoms with Crippen molar-refractivity contribution in [1.82, 2.24) is 19.7 Å². The van der Waals surface area contributed by atoms with E-state index >= 15 is 0 Å². The van der Waals surface area contributed by atoms with Crippen LogP contribution in [0.25, 0.3) is 6.08 Å². The van der Waals surface area contributed by atoms with Gasteiger partial charge in [-0.3, -0.25) is 14.5 Å². The second-order valence-corrected chi connectivity index (χ2v) is 8.67. The number of aromatic nitrogens is 1. The van der Waals surface area contributed by atoms with Gasteiger partial charge in [0.1, 0.15) is 0 Å². The van der Waals surface area contributed by atoms with Crippen LogP contribution in [0.4, 0.5) is 0 Å². The summed E-state index contributed by atoms with van der Waals surface area (Å²) in [4.78, 5) is 35.0. The summed E-state index contributed by atoms with van der Waals surface area (Å²) in [6.07, 6.45) is 5.16. The fourth-order valence-electron chi connectivity index (χ4n) is 3.50. The zero-order chi connectivity index (χ0) is 19.5. The van der Waals surface area contributed by atoms with Gasteiger partial charge in [-0.05, 0) is 17.7 Å². The van der Waals surface area contributed by atoms with Gasteiger partial charge in [0, 0.05) is 67.4 Å². The summed E-state index contributed by atoms with van der Waals surface area (Å²) in [6, 6.07) is 8.22. The Morgan fingerprint density at radius 3 is 2.54 bits per heavy atom. The topological polar surface area (TPSA) is 56.8 Å². The molecule has 0 spiro atoms. The van der Waals surface area contributed by atoms with Crippen molar-refractivity contribution in [2.24, 2.45) is 0 Å². The van der Waals surface area contributed by atoms with Gasteiger partial charge in [0.05, 0.1) is 0 Å². The van der Waals surface area contributed by atoms with Crippen LogP contribution in [0.1, 0.15) is 15.4 Å². The van der Waals surface area contributed by atoms with Crippen molar-refractivity contribution >= 4 is 45.2 Å². The Morgan fingerprint density at radius 2 is 1.86 bits per heavy atom. The van der Waals surface area contributed by atoms with E-state index in [2.05, 4.69) is 25.8 Å². The van der Waals surface area contributed by atoms with Gasteiger partial charge >= 0.3 is 0 Å². The van der Waals surface area contributed by atoms with Crippen LogP contribution in [0.15, 0.2) is 46.4 Å². The van der Waals surface area contributed by atoms with E-state index in [-0.39, 0.29) is 11.8 Å². The third-order valence-electron chi connectivity index (χ3n) is 5.22. The van der Waals surface area contributed by atoms with E-state index in [1.807, 2.05) is 45.5 Å². The number of nitrogens with zero attached hydrogens (tertiary/aromatic N) is 4. The quantitative estimate of drug-likeness (QED) is 0.657. The molecule has 0 saturated carbocycles. The number of likely N-dealkylation sites (tertiary alicyclic amines) is 1. The molecule has 4 rings (SSSR count). The lowest BCUT2D eigenvalue weighted by atomic mass is 10.1. The smallest absolute Gasteiger partial charge is 0.282 e. The molecule has 2 aliphatic rings. The lowest BCUT2D eigenvalue weighted by molar-refractivity contribution is -0.133. The molecule has 2 aliphatic heterocycles. The second-order valence-electron chi connectivity index (χ2n) is 6.92. The average Bonchev–Trinajstić information content (AvgIpc) is 3.21. The van der Waals surface area contributed by atoms with Crippen molar-refractivity contribution in [3.8, 4) is 0 Å². The van der Waals surface area contributed by atoms with Crippen LogP contribution in [0.5, 0.6) is 0 Å². The molecule has 1 aromatic carbocycles. The molecule has 8 heteroatoms. The highest BCUT2D eigenvalue weighted by Gasteiger charge is 2.36. The summed E-state index contributed by atoms with van der Waals surface area (Å²) in [6.45, 7) is 4.61. The number of carbonyl (C=O) groups excluding carboxylic acids is 2. The first-order valence-electron chi connectivity index (χ1n) is 9.26. The van der Waals surface area contributed by atoms with E-state index < -0.39 is 0 Å². The van der Waals surface area contributed by atoms with Crippen LogP contribution in [0, 0.1) is 0 Å². The molecule has 0 unspecified atom stereocenters. The number of thiazole rings is 1. The predicted molar refractivity (Wildman–Crippen MR) is 113 cm³/mol. The van der Waals surface area contributed by atoms with Crippen molar-refractivity contribution in [2.75, 3.05) is 39.3 Å². The van der Waals surface area contributed by atoms with Crippen molar-refractivity contribution in [1.29, 1.82) is 0 Å². The number of hydrogen-bond acceptors (Lipinski definition) is 5. The number of carbonyl (C=O) groups is 2. The largest absolute Gasteiger partial charge is 0.336 e. The van der Waals surface area contributed by atoms with E-state index in [0.717, 1.165) is 36.2 Å². The zero-order valence-electron chi connectivity index (χ0n) is 15.3. The van der Waals surface area contributed by atoms with E-state index in [1.54, 1.807) is 12.3 Å². The van der Waals surface area contributed by atoms with Crippen LogP contribution < -0.4 is 0 Å². The Hall–Kier alpha value is -2.03. The minimum absolute atomic E-state index is 0.0253. The van der Waals surface area contributed by atoms with Gasteiger partial charge in [0.2, 0.25) is 5.91 Å². The fraction of sp³-hybridized carbons (Fsp3) is 0.350. The van der Waals surface area contributed by atoms with Gasteiger partial charge in [-0.2, -0.15) is 0 Å². The van der Waals surface area contributed by atoms with Crippen LogP contribution >= 0.6 is 27.3 Å². The Balaban J connectivity index is 1.23. The number of hydrogen-bond donors (Lipinski definition) is 0. The lowest BCUT2D eigenvalue weighted by Gasteiger charge is -2.47. The predicted octanol–water partition coefficient (Wildman–Crippen LogP) is 2.59. The van der Waals surface area contributed by atoms with E-state index in [0.29, 0.717) is 24.1 Å². The van der Waals surface area contributed by atoms with E-state index in [9.17, 15) is 9.59 Å². The molecule has 0 aliphatic carbocycles. The summed E-state index contributed by atoms with van der Waals surface area (Å²) in [5, 5.41) is 2.39. The van der Waals surface area contributed by atoms with Gasteiger partial charge < -0.3 is 9.80 Å². The maximum atomic E-state index is 12.4. The Labute approximate surface area is 176 Å². The molecule has 2 aromatic rings. The number of rotatable bonds is 4. The molecule has 3 heterocycles. The molecular formula is C20H21BrN4O2S. The molecule has 2 saturated heterocycles. The Morgan fingerprint density at radius 1 is 1.11 bits per heavy atom. The summed E-state index contributed by atoms with van der Waals surface area (Å²) >= 11 is 4.87. The Bertz CT molecular complexity index is 872. The fourth-order valence-corrected chi connectivity index (χ4v) is 4.52. The number of halogens is 1. The first kappa shape index (κ1) is 19.3. The highest BCUT2D eigenvalue weighted by atomic mass is 79.9. The number of piperazine rings is 1. The summed E-state index contributed by atoms with van der Waals surface area (Å²) in [5.74, 6) is 0.0712. The third-order valence-corrected chi connectivity index (χ3v) is 6.70. The molecule has 2 fully saturated rings. The third kappa shape index (κ3) is 4.19. The standard InChI is InChI=1S/C20H21BrN4O2S/c21-17-4-2-1-3-15(17)5-6-18(26)25-13-16(14-25)23-8-10-24(11-9-23)20(27)19-22-7-12-28-19/h1-7,12,16H,8-11,13-14H2/b6-5+. The van der Waals surface area contributed by atoms with E-state index in [1.165, 1.54) is 11.3 Å². The van der Waals surface area contributed by atoms with Crippen LogP contribution in [0.3, 0.4) is 0 Å². The molecule has 0 atom stereocenters. The summed E-state index contributed by atoms with van der Waals surface area (Å²) in [5.41, 5.74) is 0.994.